The van der Waals surface area contributed by atoms with Crippen molar-refractivity contribution in [2.24, 2.45) is 0 Å². The fourth-order valence-corrected chi connectivity index (χ4v) is 4.49. The van der Waals surface area contributed by atoms with Crippen molar-refractivity contribution in [2.75, 3.05) is 18.9 Å². The van der Waals surface area contributed by atoms with Crippen LogP contribution in [0.2, 0.25) is 0 Å². The molecule has 0 aromatic heterocycles. The second-order valence-electron chi connectivity index (χ2n) is 5.72. The molecule has 1 aliphatic rings. The number of nitrogens with zero attached hydrogens (tertiary/aromatic N) is 1. The van der Waals surface area contributed by atoms with Gasteiger partial charge < -0.3 is 10.4 Å². The molecule has 124 valence electrons. The van der Waals surface area contributed by atoms with E-state index >= 15 is 0 Å². The predicted octanol–water partition coefficient (Wildman–Crippen LogP) is 0.858. The van der Waals surface area contributed by atoms with Crippen LogP contribution in [0.1, 0.15) is 52.9 Å². The standard InChI is InChI=1S/C14H28N2O4S/c1-4-10-21(19,20)16-9-7-8-12(16)13(18)15-14(5-2,6-3)11-17/h12,17H,4-11H2,1-3H3,(H,15,18). The molecule has 0 aromatic carbocycles. The van der Waals surface area contributed by atoms with Gasteiger partial charge in [0.1, 0.15) is 6.04 Å². The van der Waals surface area contributed by atoms with Gasteiger partial charge in [-0.1, -0.05) is 20.8 Å². The molecule has 0 bridgehead atoms. The zero-order valence-electron chi connectivity index (χ0n) is 13.3. The largest absolute Gasteiger partial charge is 0.394 e. The summed E-state index contributed by atoms with van der Waals surface area (Å²) in [6, 6.07) is -0.634. The van der Waals surface area contributed by atoms with Crippen LogP contribution in [-0.2, 0) is 14.8 Å². The highest BCUT2D eigenvalue weighted by Crippen LogP contribution is 2.24. The van der Waals surface area contributed by atoms with Crippen LogP contribution in [0.25, 0.3) is 0 Å². The zero-order chi connectivity index (χ0) is 16.1. The van der Waals surface area contributed by atoms with Crippen molar-refractivity contribution in [2.45, 2.75) is 64.5 Å². The van der Waals surface area contributed by atoms with E-state index in [0.717, 1.165) is 0 Å². The molecule has 1 unspecified atom stereocenters. The first-order chi connectivity index (χ1) is 9.85. The molecule has 0 aliphatic carbocycles. The number of nitrogens with one attached hydrogen (secondary N) is 1. The highest BCUT2D eigenvalue weighted by molar-refractivity contribution is 7.89. The Hall–Kier alpha value is -0.660. The van der Waals surface area contributed by atoms with E-state index in [1.807, 2.05) is 20.8 Å². The van der Waals surface area contributed by atoms with Crippen LogP contribution < -0.4 is 5.32 Å². The molecule has 1 heterocycles. The van der Waals surface area contributed by atoms with Crippen molar-refractivity contribution in [3.63, 3.8) is 0 Å². The van der Waals surface area contributed by atoms with E-state index < -0.39 is 21.6 Å². The molecule has 2 N–H and O–H groups in total. The van der Waals surface area contributed by atoms with Crippen molar-refractivity contribution in [1.29, 1.82) is 0 Å². The van der Waals surface area contributed by atoms with Crippen molar-refractivity contribution in [1.82, 2.24) is 9.62 Å². The first-order valence-corrected chi connectivity index (χ1v) is 9.39. The first kappa shape index (κ1) is 18.4. The number of amides is 1. The Morgan fingerprint density at radius 3 is 2.43 bits per heavy atom. The van der Waals surface area contributed by atoms with E-state index in [0.29, 0.717) is 38.6 Å². The lowest BCUT2D eigenvalue weighted by atomic mass is 9.93. The SMILES string of the molecule is CCCS(=O)(=O)N1CCCC1C(=O)NC(CC)(CC)CO. The Bertz CT molecular complexity index is 438. The van der Waals surface area contributed by atoms with Gasteiger partial charge in [0.05, 0.1) is 17.9 Å². The lowest BCUT2D eigenvalue weighted by molar-refractivity contribution is -0.127. The number of carbonyl (C=O) groups excluding carboxylic acids is 1. The second kappa shape index (κ2) is 7.56. The van der Waals surface area contributed by atoms with E-state index in [1.54, 1.807) is 0 Å². The van der Waals surface area contributed by atoms with Gasteiger partial charge in [-0.15, -0.1) is 0 Å². The summed E-state index contributed by atoms with van der Waals surface area (Å²) in [5.74, 6) is -0.214. The molecule has 0 spiro atoms. The number of hydrogen-bond acceptors (Lipinski definition) is 4. The van der Waals surface area contributed by atoms with Gasteiger partial charge in [-0.2, -0.15) is 4.31 Å². The maximum Gasteiger partial charge on any atom is 0.238 e. The smallest absolute Gasteiger partial charge is 0.238 e. The normalized spacial score (nSPS) is 20.7. The lowest BCUT2D eigenvalue weighted by Gasteiger charge is -2.33. The maximum atomic E-state index is 12.5. The molecule has 0 aromatic rings. The third-order valence-corrected chi connectivity index (χ3v) is 6.45. The van der Waals surface area contributed by atoms with Gasteiger partial charge in [0, 0.05) is 6.54 Å². The van der Waals surface area contributed by atoms with Gasteiger partial charge in [0.15, 0.2) is 0 Å². The number of sulfonamides is 1. The Morgan fingerprint density at radius 1 is 1.33 bits per heavy atom. The first-order valence-electron chi connectivity index (χ1n) is 7.78. The highest BCUT2D eigenvalue weighted by atomic mass is 32.2. The average Bonchev–Trinajstić information content (AvgIpc) is 2.95. The minimum atomic E-state index is -3.37. The summed E-state index contributed by atoms with van der Waals surface area (Å²) in [6.07, 6.45) is 3.01. The molecule has 1 amide bonds. The van der Waals surface area contributed by atoms with Crippen LogP contribution in [0.15, 0.2) is 0 Å². The molecule has 0 saturated carbocycles. The molecule has 21 heavy (non-hydrogen) atoms. The van der Waals surface area contributed by atoms with Crippen molar-refractivity contribution in [3.05, 3.63) is 0 Å². The molecule has 7 heteroatoms. The summed E-state index contributed by atoms with van der Waals surface area (Å²) >= 11 is 0. The molecule has 1 aliphatic heterocycles. The minimum Gasteiger partial charge on any atom is -0.394 e. The summed E-state index contributed by atoms with van der Waals surface area (Å²) in [4.78, 5) is 12.5. The van der Waals surface area contributed by atoms with Crippen LogP contribution in [0.4, 0.5) is 0 Å². The molecule has 1 rings (SSSR count). The fourth-order valence-electron chi connectivity index (χ4n) is 2.74. The molecule has 6 nitrogen and oxygen atoms in total. The topological polar surface area (TPSA) is 86.7 Å². The number of aliphatic hydroxyl groups is 1. The Labute approximate surface area is 128 Å². The molecular weight excluding hydrogens is 292 g/mol. The molecule has 0 radical (unpaired) electrons. The van der Waals surface area contributed by atoms with Crippen LogP contribution in [0, 0.1) is 0 Å². The van der Waals surface area contributed by atoms with Gasteiger partial charge in [0.25, 0.3) is 0 Å². The van der Waals surface area contributed by atoms with E-state index in [1.165, 1.54) is 4.31 Å². The average molecular weight is 320 g/mol. The third kappa shape index (κ3) is 4.17. The summed E-state index contributed by atoms with van der Waals surface area (Å²) in [7, 11) is -3.37. The minimum absolute atomic E-state index is 0.0729. The quantitative estimate of drug-likeness (QED) is 0.694. The lowest BCUT2D eigenvalue weighted by Crippen LogP contribution is -2.56. The predicted molar refractivity (Wildman–Crippen MR) is 82.3 cm³/mol. The summed E-state index contributed by atoms with van der Waals surface area (Å²) in [5.41, 5.74) is -0.653. The summed E-state index contributed by atoms with van der Waals surface area (Å²) in [6.45, 7) is 5.89. The summed E-state index contributed by atoms with van der Waals surface area (Å²) < 4.78 is 25.8. The van der Waals surface area contributed by atoms with E-state index in [-0.39, 0.29) is 18.3 Å². The number of hydrogen-bond donors (Lipinski definition) is 2. The van der Waals surface area contributed by atoms with Gasteiger partial charge in [0.2, 0.25) is 15.9 Å². The van der Waals surface area contributed by atoms with Gasteiger partial charge in [-0.05, 0) is 32.1 Å². The van der Waals surface area contributed by atoms with Crippen LogP contribution in [0.3, 0.4) is 0 Å². The zero-order valence-corrected chi connectivity index (χ0v) is 14.1. The van der Waals surface area contributed by atoms with Gasteiger partial charge in [-0.25, -0.2) is 8.42 Å². The Kier molecular flexibility index (Phi) is 6.62. The Morgan fingerprint density at radius 2 is 1.95 bits per heavy atom. The van der Waals surface area contributed by atoms with Gasteiger partial charge >= 0.3 is 0 Å². The summed E-state index contributed by atoms with van der Waals surface area (Å²) in [5, 5.41) is 12.4. The maximum absolute atomic E-state index is 12.5. The van der Waals surface area contributed by atoms with Gasteiger partial charge in [-0.3, -0.25) is 4.79 Å². The molecule has 1 saturated heterocycles. The van der Waals surface area contributed by atoms with Crippen molar-refractivity contribution >= 4 is 15.9 Å². The van der Waals surface area contributed by atoms with Crippen LogP contribution in [-0.4, -0.2) is 54.2 Å². The number of aliphatic hydroxyl groups excluding tert-OH is 1. The molecule has 1 atom stereocenters. The molecular formula is C14H28N2O4S. The fraction of sp³-hybridized carbons (Fsp3) is 0.929. The van der Waals surface area contributed by atoms with E-state index in [4.69, 9.17) is 0 Å². The monoisotopic (exact) mass is 320 g/mol. The number of carbonyl (C=O) groups is 1. The van der Waals surface area contributed by atoms with Crippen molar-refractivity contribution < 1.29 is 18.3 Å². The third-order valence-electron chi connectivity index (χ3n) is 4.37. The Balaban J connectivity index is 2.86. The van der Waals surface area contributed by atoms with Crippen LogP contribution in [0.5, 0.6) is 0 Å². The second-order valence-corrected chi connectivity index (χ2v) is 7.76. The van der Waals surface area contributed by atoms with E-state index in [9.17, 15) is 18.3 Å². The van der Waals surface area contributed by atoms with E-state index in [2.05, 4.69) is 5.32 Å². The molecule has 1 fully saturated rings. The number of rotatable bonds is 8. The van der Waals surface area contributed by atoms with Crippen LogP contribution >= 0.6 is 0 Å². The highest BCUT2D eigenvalue weighted by Gasteiger charge is 2.40. The van der Waals surface area contributed by atoms with Crippen molar-refractivity contribution in [3.8, 4) is 0 Å².